The zero-order valence-corrected chi connectivity index (χ0v) is 23.9. The van der Waals surface area contributed by atoms with E-state index >= 15 is 0 Å². The first-order valence-electron chi connectivity index (χ1n) is 12.2. The Bertz CT molecular complexity index is 1570. The van der Waals surface area contributed by atoms with Crippen molar-refractivity contribution in [1.82, 2.24) is 4.90 Å². The third-order valence-electron chi connectivity index (χ3n) is 5.66. The lowest BCUT2D eigenvalue weighted by molar-refractivity contribution is -0.146. The predicted molar refractivity (Wildman–Crippen MR) is 150 cm³/mol. The van der Waals surface area contributed by atoms with Crippen LogP contribution in [0.3, 0.4) is 0 Å². The molecule has 0 atom stereocenters. The number of esters is 1. The second-order valence-electron chi connectivity index (χ2n) is 9.06. The van der Waals surface area contributed by atoms with Crippen molar-refractivity contribution in [1.29, 1.82) is 0 Å². The number of sulfonamides is 2. The highest BCUT2D eigenvalue weighted by atomic mass is 32.2. The average molecular weight is 590 g/mol. The van der Waals surface area contributed by atoms with E-state index in [4.69, 9.17) is 4.74 Å². The van der Waals surface area contributed by atoms with Gasteiger partial charge in [0.1, 0.15) is 0 Å². The van der Waals surface area contributed by atoms with E-state index in [1.807, 2.05) is 13.8 Å². The number of carbonyl (C=O) groups excluding carboxylic acids is 1. The van der Waals surface area contributed by atoms with Crippen LogP contribution < -0.4 is 9.44 Å². The molecule has 0 heterocycles. The minimum atomic E-state index is -4.14. The van der Waals surface area contributed by atoms with E-state index < -0.39 is 38.5 Å². The van der Waals surface area contributed by atoms with Gasteiger partial charge < -0.3 is 9.84 Å². The maximum atomic E-state index is 13.2. The maximum absolute atomic E-state index is 13.2. The first-order chi connectivity index (χ1) is 18.8. The Labute approximate surface area is 233 Å². The molecule has 0 fully saturated rings. The fourth-order valence-corrected chi connectivity index (χ4v) is 5.86. The monoisotopic (exact) mass is 589 g/mol. The number of hydrogen-bond acceptors (Lipinski definition) is 8. The molecular weight excluding hydrogens is 558 g/mol. The van der Waals surface area contributed by atoms with Crippen molar-refractivity contribution >= 4 is 43.4 Å². The lowest BCUT2D eigenvalue weighted by atomic mass is 10.1. The first-order valence-corrected chi connectivity index (χ1v) is 15.2. The third kappa shape index (κ3) is 8.53. The number of carboxylic acids is 1. The average Bonchev–Trinajstić information content (AvgIpc) is 2.85. The van der Waals surface area contributed by atoms with E-state index in [-0.39, 0.29) is 40.9 Å². The van der Waals surface area contributed by atoms with Gasteiger partial charge in [-0.1, -0.05) is 41.5 Å². The van der Waals surface area contributed by atoms with E-state index in [1.54, 1.807) is 31.2 Å². The summed E-state index contributed by atoms with van der Waals surface area (Å²) >= 11 is 0. The fourth-order valence-electron chi connectivity index (χ4n) is 3.71. The van der Waals surface area contributed by atoms with E-state index in [0.29, 0.717) is 5.56 Å². The SMILES string of the molecule is CCOC(=O)CN(CC(=O)O)Cc1ccc(NS(=O)(=O)c2ccc(C)cc2)c(NS(=O)(=O)c2ccc(C)cc2)c1. The van der Waals surface area contributed by atoms with Crippen molar-refractivity contribution in [3.05, 3.63) is 83.4 Å². The van der Waals surface area contributed by atoms with Gasteiger partial charge in [-0.3, -0.25) is 23.9 Å². The second-order valence-corrected chi connectivity index (χ2v) is 12.4. The topological polar surface area (TPSA) is 159 Å². The van der Waals surface area contributed by atoms with Crippen LogP contribution in [-0.4, -0.2) is 58.5 Å². The summed E-state index contributed by atoms with van der Waals surface area (Å²) < 4.78 is 62.4. The molecule has 0 aliphatic rings. The number of hydrogen-bond donors (Lipinski definition) is 3. The molecule has 0 aromatic heterocycles. The van der Waals surface area contributed by atoms with Crippen molar-refractivity contribution in [3.8, 4) is 0 Å². The molecule has 0 radical (unpaired) electrons. The summed E-state index contributed by atoms with van der Waals surface area (Å²) in [5.41, 5.74) is 2.01. The Morgan fingerprint density at radius 3 is 1.75 bits per heavy atom. The van der Waals surface area contributed by atoms with Crippen molar-refractivity contribution in [3.63, 3.8) is 0 Å². The molecule has 3 rings (SSSR count). The Morgan fingerprint density at radius 1 is 0.775 bits per heavy atom. The summed E-state index contributed by atoms with van der Waals surface area (Å²) in [6.07, 6.45) is 0. The van der Waals surface area contributed by atoms with Crippen molar-refractivity contribution in [2.45, 2.75) is 37.1 Å². The van der Waals surface area contributed by atoms with Crippen LogP contribution >= 0.6 is 0 Å². The Hall–Kier alpha value is -3.94. The standard InChI is InChI=1S/C27H31N3O8S2/c1-4-38-27(33)18-30(17-26(31)32)16-21-9-14-24(28-39(34,35)22-10-5-19(2)6-11-22)25(15-21)29-40(36,37)23-12-7-20(3)8-13-23/h5-15,28-29H,4,16-18H2,1-3H3,(H,31,32). The molecule has 11 nitrogen and oxygen atoms in total. The first kappa shape index (κ1) is 30.6. The van der Waals surface area contributed by atoms with Gasteiger partial charge in [0, 0.05) is 6.54 Å². The number of carboxylic acid groups (broad SMARTS) is 1. The molecule has 0 amide bonds. The quantitative estimate of drug-likeness (QED) is 0.254. The maximum Gasteiger partial charge on any atom is 0.320 e. The summed E-state index contributed by atoms with van der Waals surface area (Å²) in [6, 6.07) is 16.5. The molecule has 3 aromatic rings. The molecule has 0 aliphatic carbocycles. The number of nitrogens with one attached hydrogen (secondary N) is 2. The smallest absolute Gasteiger partial charge is 0.320 e. The number of carbonyl (C=O) groups is 2. The number of ether oxygens (including phenoxy) is 1. The highest BCUT2D eigenvalue weighted by Gasteiger charge is 2.22. The number of benzene rings is 3. The van der Waals surface area contributed by atoms with Gasteiger partial charge in [0.15, 0.2) is 0 Å². The van der Waals surface area contributed by atoms with Crippen molar-refractivity contribution in [2.24, 2.45) is 0 Å². The van der Waals surface area contributed by atoms with Crippen LogP contribution in [-0.2, 0) is 40.9 Å². The molecule has 0 saturated heterocycles. The second kappa shape index (κ2) is 12.9. The Kier molecular flexibility index (Phi) is 9.90. The van der Waals surface area contributed by atoms with E-state index in [9.17, 15) is 31.5 Å². The molecule has 0 unspecified atom stereocenters. The van der Waals surface area contributed by atoms with Crippen molar-refractivity contribution < 1.29 is 36.3 Å². The van der Waals surface area contributed by atoms with Gasteiger partial charge in [-0.15, -0.1) is 0 Å². The van der Waals surface area contributed by atoms with Gasteiger partial charge in [-0.2, -0.15) is 0 Å². The van der Waals surface area contributed by atoms with Gasteiger partial charge in [0.05, 0.1) is 40.9 Å². The Morgan fingerprint density at radius 2 is 1.27 bits per heavy atom. The lowest BCUT2D eigenvalue weighted by Crippen LogP contribution is -2.35. The van der Waals surface area contributed by atoms with Crippen LogP contribution in [0, 0.1) is 13.8 Å². The zero-order valence-electron chi connectivity index (χ0n) is 22.2. The minimum Gasteiger partial charge on any atom is -0.480 e. The van der Waals surface area contributed by atoms with Crippen LogP contribution in [0.15, 0.2) is 76.5 Å². The summed E-state index contributed by atoms with van der Waals surface area (Å²) in [4.78, 5) is 24.6. The van der Waals surface area contributed by atoms with E-state index in [1.165, 1.54) is 47.4 Å². The molecule has 0 spiro atoms. The van der Waals surface area contributed by atoms with Gasteiger partial charge in [-0.25, -0.2) is 16.8 Å². The van der Waals surface area contributed by atoms with E-state index in [2.05, 4.69) is 9.44 Å². The summed E-state index contributed by atoms with van der Waals surface area (Å²) in [7, 11) is -8.22. The molecule has 214 valence electrons. The van der Waals surface area contributed by atoms with Crippen LogP contribution in [0.2, 0.25) is 0 Å². The van der Waals surface area contributed by atoms with Crippen molar-refractivity contribution in [2.75, 3.05) is 29.1 Å². The van der Waals surface area contributed by atoms with E-state index in [0.717, 1.165) is 11.1 Å². The lowest BCUT2D eigenvalue weighted by Gasteiger charge is -2.21. The molecule has 3 aromatic carbocycles. The van der Waals surface area contributed by atoms with Gasteiger partial charge in [0.2, 0.25) is 0 Å². The molecule has 3 N–H and O–H groups in total. The predicted octanol–water partition coefficient (Wildman–Crippen LogP) is 3.35. The van der Waals surface area contributed by atoms with Crippen LogP contribution in [0.5, 0.6) is 0 Å². The summed E-state index contributed by atoms with van der Waals surface area (Å²) in [5.74, 6) is -1.79. The summed E-state index contributed by atoms with van der Waals surface area (Å²) in [6.45, 7) is 4.52. The van der Waals surface area contributed by atoms with Crippen LogP contribution in [0.4, 0.5) is 11.4 Å². The minimum absolute atomic E-state index is 0.0170. The molecular formula is C27H31N3O8S2. The highest BCUT2D eigenvalue weighted by Crippen LogP contribution is 2.29. The molecule has 13 heteroatoms. The van der Waals surface area contributed by atoms with Crippen LogP contribution in [0.1, 0.15) is 23.6 Å². The highest BCUT2D eigenvalue weighted by molar-refractivity contribution is 7.93. The number of nitrogens with zero attached hydrogens (tertiary/aromatic N) is 1. The number of aliphatic carboxylic acids is 1. The van der Waals surface area contributed by atoms with Gasteiger partial charge in [-0.05, 0) is 62.7 Å². The largest absolute Gasteiger partial charge is 0.480 e. The van der Waals surface area contributed by atoms with Gasteiger partial charge in [0.25, 0.3) is 20.0 Å². The number of aryl methyl sites for hydroxylation is 2. The third-order valence-corrected chi connectivity index (χ3v) is 8.42. The Balaban J connectivity index is 2.01. The zero-order chi connectivity index (χ0) is 29.5. The molecule has 0 bridgehead atoms. The van der Waals surface area contributed by atoms with Gasteiger partial charge >= 0.3 is 11.9 Å². The molecule has 0 saturated carbocycles. The number of rotatable bonds is 13. The normalized spacial score (nSPS) is 11.7. The van der Waals surface area contributed by atoms with Crippen LogP contribution in [0.25, 0.3) is 0 Å². The number of anilines is 2. The molecule has 0 aliphatic heterocycles. The molecule has 40 heavy (non-hydrogen) atoms. The summed E-state index contributed by atoms with van der Waals surface area (Å²) in [5, 5.41) is 9.29. The fraction of sp³-hybridized carbons (Fsp3) is 0.259.